The van der Waals surface area contributed by atoms with Gasteiger partial charge in [0.25, 0.3) is 0 Å². The molecule has 2 heterocycles. The third kappa shape index (κ3) is 2.06. The van der Waals surface area contributed by atoms with Crippen molar-refractivity contribution in [1.29, 1.82) is 0 Å². The first kappa shape index (κ1) is 12.8. The van der Waals surface area contributed by atoms with Gasteiger partial charge in [0.15, 0.2) is 5.65 Å². The summed E-state index contributed by atoms with van der Waals surface area (Å²) in [5.41, 5.74) is 1.45. The van der Waals surface area contributed by atoms with Crippen molar-refractivity contribution >= 4 is 28.7 Å². The van der Waals surface area contributed by atoms with Crippen LogP contribution in [0.15, 0.2) is 18.3 Å². The van der Waals surface area contributed by atoms with Gasteiger partial charge in [-0.25, -0.2) is 9.97 Å². The van der Waals surface area contributed by atoms with Crippen molar-refractivity contribution in [3.05, 3.63) is 24.2 Å². The number of alkyl halides is 1. The summed E-state index contributed by atoms with van der Waals surface area (Å²) < 4.78 is 1.80. The van der Waals surface area contributed by atoms with Crippen molar-refractivity contribution in [2.45, 2.75) is 18.8 Å². The first-order chi connectivity index (χ1) is 8.56. The van der Waals surface area contributed by atoms with E-state index in [2.05, 4.69) is 9.97 Å². The Kier molecular flexibility index (Phi) is 3.52. The molecule has 0 fully saturated rings. The van der Waals surface area contributed by atoms with E-state index in [0.717, 1.165) is 5.52 Å². The van der Waals surface area contributed by atoms with E-state index in [-0.39, 0.29) is 17.8 Å². The van der Waals surface area contributed by atoms with Gasteiger partial charge < -0.3 is 4.90 Å². The summed E-state index contributed by atoms with van der Waals surface area (Å²) in [5, 5.41) is 0. The summed E-state index contributed by atoms with van der Waals surface area (Å²) in [6, 6.07) is 3.31. The Hall–Kier alpha value is -1.62. The van der Waals surface area contributed by atoms with Gasteiger partial charge >= 0.3 is 0 Å². The van der Waals surface area contributed by atoms with Gasteiger partial charge in [0, 0.05) is 20.3 Å². The van der Waals surface area contributed by atoms with Gasteiger partial charge in [0.2, 0.25) is 5.91 Å². The van der Waals surface area contributed by atoms with Gasteiger partial charge in [-0.05, 0) is 19.1 Å². The van der Waals surface area contributed by atoms with E-state index in [4.69, 9.17) is 11.6 Å². The van der Waals surface area contributed by atoms with Crippen LogP contribution < -0.4 is 0 Å². The molecule has 0 spiro atoms. The molecular weight excluding hydrogens is 252 g/mol. The normalized spacial score (nSPS) is 12.7. The van der Waals surface area contributed by atoms with Crippen molar-refractivity contribution in [1.82, 2.24) is 19.4 Å². The molecule has 0 saturated carbocycles. The largest absolute Gasteiger partial charge is 0.347 e. The number of rotatable bonds is 3. The molecule has 96 valence electrons. The highest BCUT2D eigenvalue weighted by Crippen LogP contribution is 2.21. The van der Waals surface area contributed by atoms with E-state index in [1.807, 2.05) is 19.1 Å². The molecule has 6 heteroatoms. The zero-order valence-electron chi connectivity index (χ0n) is 10.6. The first-order valence-electron chi connectivity index (χ1n) is 5.65. The van der Waals surface area contributed by atoms with Crippen LogP contribution in [0.25, 0.3) is 11.2 Å². The van der Waals surface area contributed by atoms with Crippen LogP contribution >= 0.6 is 11.6 Å². The van der Waals surface area contributed by atoms with Crippen molar-refractivity contribution in [2.75, 3.05) is 14.1 Å². The third-order valence-electron chi connectivity index (χ3n) is 2.83. The van der Waals surface area contributed by atoms with Crippen LogP contribution in [-0.2, 0) is 10.7 Å². The Balaban J connectivity index is 2.58. The minimum Gasteiger partial charge on any atom is -0.347 e. The number of carbonyl (C=O) groups is 1. The second kappa shape index (κ2) is 4.94. The van der Waals surface area contributed by atoms with E-state index in [1.165, 1.54) is 0 Å². The molecule has 1 unspecified atom stereocenters. The van der Waals surface area contributed by atoms with E-state index in [9.17, 15) is 4.79 Å². The Morgan fingerprint density at radius 3 is 2.89 bits per heavy atom. The summed E-state index contributed by atoms with van der Waals surface area (Å²) in [4.78, 5) is 22.3. The maximum atomic E-state index is 12.1. The minimum atomic E-state index is -0.367. The zero-order valence-corrected chi connectivity index (χ0v) is 11.3. The second-order valence-electron chi connectivity index (χ2n) is 4.29. The predicted molar refractivity (Wildman–Crippen MR) is 70.5 cm³/mol. The Bertz CT molecular complexity index is 578. The lowest BCUT2D eigenvalue weighted by atomic mass is 10.3. The molecular formula is C12H15ClN4O. The number of nitrogens with zero attached hydrogens (tertiary/aromatic N) is 4. The topological polar surface area (TPSA) is 51.0 Å². The second-order valence-corrected chi connectivity index (χ2v) is 4.55. The molecule has 1 amide bonds. The summed E-state index contributed by atoms with van der Waals surface area (Å²) in [6.45, 7) is 1.83. The first-order valence-corrected chi connectivity index (χ1v) is 6.18. The van der Waals surface area contributed by atoms with Crippen molar-refractivity contribution in [2.24, 2.45) is 0 Å². The molecule has 1 atom stereocenters. The molecule has 0 bridgehead atoms. The monoisotopic (exact) mass is 266 g/mol. The number of fused-ring (bicyclic) bond motifs is 1. The van der Waals surface area contributed by atoms with Crippen LogP contribution in [0.4, 0.5) is 0 Å². The molecule has 0 aliphatic heterocycles. The number of hydrogen-bond acceptors (Lipinski definition) is 3. The number of pyridine rings is 1. The zero-order chi connectivity index (χ0) is 13.3. The van der Waals surface area contributed by atoms with Crippen LogP contribution in [0.1, 0.15) is 18.8 Å². The van der Waals surface area contributed by atoms with Crippen molar-refractivity contribution in [3.8, 4) is 0 Å². The summed E-state index contributed by atoms with van der Waals surface area (Å²) >= 11 is 5.90. The van der Waals surface area contributed by atoms with Crippen molar-refractivity contribution in [3.63, 3.8) is 0 Å². The van der Waals surface area contributed by atoms with Gasteiger partial charge in [0.05, 0.1) is 5.88 Å². The lowest BCUT2D eigenvalue weighted by Gasteiger charge is -2.19. The van der Waals surface area contributed by atoms with Crippen LogP contribution in [0.5, 0.6) is 0 Å². The van der Waals surface area contributed by atoms with Gasteiger partial charge in [-0.3, -0.25) is 9.36 Å². The highest BCUT2D eigenvalue weighted by Gasteiger charge is 2.22. The van der Waals surface area contributed by atoms with E-state index in [0.29, 0.717) is 11.5 Å². The van der Waals surface area contributed by atoms with Gasteiger partial charge in [0.1, 0.15) is 17.4 Å². The lowest BCUT2D eigenvalue weighted by molar-refractivity contribution is -0.131. The number of carbonyl (C=O) groups excluding carboxylic acids is 1. The van der Waals surface area contributed by atoms with Crippen LogP contribution in [0.2, 0.25) is 0 Å². The Labute approximate surface area is 110 Å². The lowest BCUT2D eigenvalue weighted by Crippen LogP contribution is -2.30. The van der Waals surface area contributed by atoms with Crippen LogP contribution in [0, 0.1) is 0 Å². The number of imidazole rings is 1. The van der Waals surface area contributed by atoms with Crippen molar-refractivity contribution < 1.29 is 4.79 Å². The Morgan fingerprint density at radius 2 is 2.28 bits per heavy atom. The molecule has 0 aromatic carbocycles. The summed E-state index contributed by atoms with van der Waals surface area (Å²) in [7, 11) is 3.46. The van der Waals surface area contributed by atoms with Gasteiger partial charge in [-0.1, -0.05) is 0 Å². The number of aromatic nitrogens is 3. The molecule has 5 nitrogen and oxygen atoms in total. The number of halogens is 1. The molecule has 2 aromatic rings. The molecule has 2 aromatic heterocycles. The number of likely N-dealkylation sites (N-methyl/N-ethyl adjacent to an activating group) is 1. The average Bonchev–Trinajstić information content (AvgIpc) is 2.75. The van der Waals surface area contributed by atoms with Gasteiger partial charge in [-0.15, -0.1) is 11.6 Å². The van der Waals surface area contributed by atoms with Gasteiger partial charge in [-0.2, -0.15) is 0 Å². The fourth-order valence-corrected chi connectivity index (χ4v) is 2.15. The molecule has 0 aliphatic rings. The molecule has 0 radical (unpaired) electrons. The molecule has 2 rings (SSSR count). The summed E-state index contributed by atoms with van der Waals surface area (Å²) in [5.74, 6) is 0.904. The minimum absolute atomic E-state index is 0.00804. The quantitative estimate of drug-likeness (QED) is 0.797. The molecule has 0 saturated heterocycles. The maximum absolute atomic E-state index is 12.1. The molecule has 18 heavy (non-hydrogen) atoms. The maximum Gasteiger partial charge on any atom is 0.244 e. The van der Waals surface area contributed by atoms with E-state index in [1.54, 1.807) is 29.8 Å². The standard InChI is InChI=1S/C12H15ClN4O/c1-8(12(18)16(2)3)17-10(7-13)15-9-5-4-6-14-11(9)17/h4-6,8H,7H2,1-3H3. The fourth-order valence-electron chi connectivity index (χ4n) is 1.96. The average molecular weight is 267 g/mol. The summed E-state index contributed by atoms with van der Waals surface area (Å²) in [6.07, 6.45) is 1.69. The van der Waals surface area contributed by atoms with Crippen LogP contribution in [-0.4, -0.2) is 39.4 Å². The highest BCUT2D eigenvalue weighted by atomic mass is 35.5. The fraction of sp³-hybridized carbons (Fsp3) is 0.417. The molecule has 0 aliphatic carbocycles. The van der Waals surface area contributed by atoms with Crippen LogP contribution in [0.3, 0.4) is 0 Å². The molecule has 0 N–H and O–H groups in total. The number of hydrogen-bond donors (Lipinski definition) is 0. The number of amides is 1. The Morgan fingerprint density at radius 1 is 1.56 bits per heavy atom. The predicted octanol–water partition coefficient (Wildman–Crippen LogP) is 1.82. The SMILES string of the molecule is CC(C(=O)N(C)C)n1c(CCl)nc2cccnc21. The van der Waals surface area contributed by atoms with E-state index < -0.39 is 0 Å². The smallest absolute Gasteiger partial charge is 0.244 e. The highest BCUT2D eigenvalue weighted by molar-refractivity contribution is 6.16. The third-order valence-corrected chi connectivity index (χ3v) is 3.07. The van der Waals surface area contributed by atoms with E-state index >= 15 is 0 Å².